The summed E-state index contributed by atoms with van der Waals surface area (Å²) >= 11 is 0. The molecule has 0 amide bonds. The summed E-state index contributed by atoms with van der Waals surface area (Å²) in [5, 5.41) is 10.9. The molecule has 0 saturated heterocycles. The lowest BCUT2D eigenvalue weighted by Gasteiger charge is -2.23. The molecule has 3 rings (SSSR count). The lowest BCUT2D eigenvalue weighted by Crippen LogP contribution is -2.23. The number of aryl methyl sites for hydroxylation is 1. The third kappa shape index (κ3) is 3.32. The first-order chi connectivity index (χ1) is 12.5. The summed E-state index contributed by atoms with van der Waals surface area (Å²) in [6.45, 7) is 7.71. The van der Waals surface area contributed by atoms with Crippen molar-refractivity contribution < 1.29 is 0 Å². The summed E-state index contributed by atoms with van der Waals surface area (Å²) in [4.78, 5) is 15.1. The number of pyridine rings is 1. The Kier molecular flexibility index (Phi) is 4.77. The summed E-state index contributed by atoms with van der Waals surface area (Å²) < 4.78 is 0. The van der Waals surface area contributed by atoms with Crippen molar-refractivity contribution in [2.75, 3.05) is 0 Å². The number of aromatic amines is 1. The van der Waals surface area contributed by atoms with Crippen molar-refractivity contribution in [1.29, 1.82) is 5.26 Å². The van der Waals surface area contributed by atoms with Crippen LogP contribution in [0.2, 0.25) is 0 Å². The summed E-state index contributed by atoms with van der Waals surface area (Å²) in [7, 11) is 0. The molecule has 3 aromatic rings. The Morgan fingerprint density at radius 2 is 2.04 bits per heavy atom. The number of nitrogens with zero attached hydrogens (tertiary/aromatic N) is 1. The molecule has 26 heavy (non-hydrogen) atoms. The third-order valence-corrected chi connectivity index (χ3v) is 4.93. The second-order valence-electron chi connectivity index (χ2n) is 6.85. The fraction of sp³-hybridized carbons (Fsp3) is 0.217. The van der Waals surface area contributed by atoms with Gasteiger partial charge in [0.05, 0.1) is 11.5 Å². The average molecular weight is 342 g/mol. The van der Waals surface area contributed by atoms with Crippen LogP contribution in [0.25, 0.3) is 17.0 Å². The Morgan fingerprint density at radius 1 is 1.23 bits per heavy atom. The van der Waals surface area contributed by atoms with E-state index in [0.717, 1.165) is 33.2 Å². The number of hydrogen-bond acceptors (Lipinski definition) is 2. The normalized spacial score (nSPS) is 13.1. The highest BCUT2D eigenvalue weighted by atomic mass is 16.1. The molecule has 1 atom stereocenters. The molecule has 0 saturated carbocycles. The van der Waals surface area contributed by atoms with E-state index in [2.05, 4.69) is 23.7 Å². The minimum atomic E-state index is -0.686. The van der Waals surface area contributed by atoms with Crippen LogP contribution in [-0.2, 0) is 18.3 Å². The molecule has 0 fully saturated rings. The van der Waals surface area contributed by atoms with Crippen molar-refractivity contribution in [3.05, 3.63) is 87.7 Å². The Hall–Kier alpha value is -3.12. The Labute approximate surface area is 153 Å². The molecule has 0 bridgehead atoms. The molecule has 0 radical (unpaired) electrons. The Morgan fingerprint density at radius 3 is 2.73 bits per heavy atom. The molecule has 130 valence electrons. The first kappa shape index (κ1) is 17.7. The number of aromatic nitrogens is 1. The van der Waals surface area contributed by atoms with E-state index in [1.54, 1.807) is 6.08 Å². The van der Waals surface area contributed by atoms with Gasteiger partial charge in [-0.2, -0.15) is 5.26 Å². The van der Waals surface area contributed by atoms with Crippen LogP contribution in [0, 0.1) is 11.3 Å². The molecule has 0 aliphatic heterocycles. The highest BCUT2D eigenvalue weighted by Crippen LogP contribution is 2.30. The Balaban J connectivity index is 2.04. The van der Waals surface area contributed by atoms with Crippen LogP contribution in [-0.4, -0.2) is 4.98 Å². The molecular weight excluding hydrogens is 320 g/mol. The minimum Gasteiger partial charge on any atom is -0.322 e. The molecule has 1 heterocycles. The van der Waals surface area contributed by atoms with Crippen molar-refractivity contribution in [3.63, 3.8) is 0 Å². The van der Waals surface area contributed by atoms with Gasteiger partial charge < -0.3 is 4.98 Å². The minimum absolute atomic E-state index is 0.0607. The lowest BCUT2D eigenvalue weighted by atomic mass is 9.78. The van der Waals surface area contributed by atoms with Crippen LogP contribution in [0.4, 0.5) is 0 Å². The Bertz CT molecular complexity index is 1070. The predicted molar refractivity (Wildman–Crippen MR) is 107 cm³/mol. The number of hydrogen-bond donors (Lipinski definition) is 1. The molecule has 1 aromatic heterocycles. The van der Waals surface area contributed by atoms with Crippen LogP contribution < -0.4 is 5.56 Å². The van der Waals surface area contributed by atoms with E-state index in [1.165, 1.54) is 0 Å². The van der Waals surface area contributed by atoms with Gasteiger partial charge >= 0.3 is 0 Å². The fourth-order valence-electron chi connectivity index (χ4n) is 3.30. The zero-order valence-electron chi connectivity index (χ0n) is 15.2. The van der Waals surface area contributed by atoms with E-state index in [9.17, 15) is 10.1 Å². The van der Waals surface area contributed by atoms with Gasteiger partial charge in [-0.1, -0.05) is 56.0 Å². The van der Waals surface area contributed by atoms with E-state index >= 15 is 0 Å². The van der Waals surface area contributed by atoms with E-state index < -0.39 is 5.41 Å². The van der Waals surface area contributed by atoms with Crippen LogP contribution in [0.3, 0.4) is 0 Å². The van der Waals surface area contributed by atoms with Gasteiger partial charge in [-0.3, -0.25) is 4.79 Å². The van der Waals surface area contributed by atoms with E-state index in [1.807, 2.05) is 56.3 Å². The number of nitriles is 1. The van der Waals surface area contributed by atoms with Gasteiger partial charge in [-0.25, -0.2) is 0 Å². The number of H-pyrrole nitrogens is 1. The van der Waals surface area contributed by atoms with Crippen molar-refractivity contribution in [1.82, 2.24) is 4.98 Å². The van der Waals surface area contributed by atoms with Gasteiger partial charge in [0.15, 0.2) is 0 Å². The molecule has 0 aliphatic carbocycles. The monoisotopic (exact) mass is 342 g/mol. The zero-order valence-corrected chi connectivity index (χ0v) is 15.2. The van der Waals surface area contributed by atoms with Crippen LogP contribution in [0.15, 0.2) is 59.9 Å². The summed E-state index contributed by atoms with van der Waals surface area (Å²) in [6.07, 6.45) is 3.09. The van der Waals surface area contributed by atoms with Crippen LogP contribution in [0.5, 0.6) is 0 Å². The van der Waals surface area contributed by atoms with Gasteiger partial charge in [0, 0.05) is 11.1 Å². The van der Waals surface area contributed by atoms with E-state index in [0.29, 0.717) is 12.8 Å². The van der Waals surface area contributed by atoms with Crippen molar-refractivity contribution in [3.8, 4) is 6.07 Å². The lowest BCUT2D eigenvalue weighted by molar-refractivity contribution is 0.607. The maximum absolute atomic E-state index is 12.1. The van der Waals surface area contributed by atoms with Gasteiger partial charge in [0.1, 0.15) is 0 Å². The van der Waals surface area contributed by atoms with Crippen molar-refractivity contribution in [2.45, 2.75) is 32.1 Å². The summed E-state index contributed by atoms with van der Waals surface area (Å²) in [5.41, 5.74) is 3.82. The fourth-order valence-corrected chi connectivity index (χ4v) is 3.30. The highest BCUT2D eigenvalue weighted by Gasteiger charge is 2.27. The predicted octanol–water partition coefficient (Wildman–Crippen LogP) is 4.76. The molecule has 0 spiro atoms. The zero-order chi connectivity index (χ0) is 18.7. The maximum Gasteiger partial charge on any atom is 0.251 e. The van der Waals surface area contributed by atoms with E-state index in [4.69, 9.17) is 0 Å². The quantitative estimate of drug-likeness (QED) is 0.727. The van der Waals surface area contributed by atoms with Crippen LogP contribution >= 0.6 is 0 Å². The van der Waals surface area contributed by atoms with Crippen molar-refractivity contribution in [2.24, 2.45) is 0 Å². The first-order valence-corrected chi connectivity index (χ1v) is 8.78. The molecule has 3 heteroatoms. The number of benzene rings is 2. The maximum atomic E-state index is 12.1. The van der Waals surface area contributed by atoms with E-state index in [-0.39, 0.29) is 5.56 Å². The second kappa shape index (κ2) is 7.01. The largest absolute Gasteiger partial charge is 0.322 e. The smallest absolute Gasteiger partial charge is 0.251 e. The molecular formula is C23H22N2O. The average Bonchev–Trinajstić information content (AvgIpc) is 2.67. The number of nitrogens with one attached hydrogen (secondary N) is 1. The molecule has 1 N–H and O–H groups in total. The summed E-state index contributed by atoms with van der Waals surface area (Å²) in [6, 6.07) is 18.3. The molecule has 2 aromatic carbocycles. The molecule has 3 nitrogen and oxygen atoms in total. The SMILES string of the molecule is C=Cc1cccc(CC(C)(C#N)c2ccc3cc(CC)c(=O)[nH]c3c2)c1. The van der Waals surface area contributed by atoms with Gasteiger partial charge in [-0.15, -0.1) is 0 Å². The first-order valence-electron chi connectivity index (χ1n) is 8.78. The number of rotatable bonds is 5. The number of fused-ring (bicyclic) bond motifs is 1. The standard InChI is InChI=1S/C23H22N2O/c1-4-16-7-6-8-17(11-16)14-23(3,15-24)20-10-9-19-12-18(5-2)22(26)25-21(19)13-20/h4,6-13H,1,5,14H2,2-3H3,(H,25,26). The van der Waals surface area contributed by atoms with Crippen LogP contribution in [0.1, 0.15) is 36.1 Å². The topological polar surface area (TPSA) is 56.6 Å². The molecule has 0 aliphatic rings. The van der Waals surface area contributed by atoms with Crippen molar-refractivity contribution >= 4 is 17.0 Å². The second-order valence-corrected chi connectivity index (χ2v) is 6.85. The summed E-state index contributed by atoms with van der Waals surface area (Å²) in [5.74, 6) is 0. The van der Waals surface area contributed by atoms with Gasteiger partial charge in [-0.05, 0) is 54.0 Å². The third-order valence-electron chi connectivity index (χ3n) is 4.93. The van der Waals surface area contributed by atoms with Gasteiger partial charge in [0.2, 0.25) is 0 Å². The highest BCUT2D eigenvalue weighted by molar-refractivity contribution is 5.80. The molecule has 1 unspecified atom stereocenters. The van der Waals surface area contributed by atoms with Gasteiger partial charge in [0.25, 0.3) is 5.56 Å².